The van der Waals surface area contributed by atoms with Crippen LogP contribution in [0.4, 0.5) is 0 Å². The smallest absolute Gasteiger partial charge is 0.237 e. The van der Waals surface area contributed by atoms with Crippen molar-refractivity contribution in [2.75, 3.05) is 13.2 Å². The lowest BCUT2D eigenvalue weighted by atomic mass is 9.99. The summed E-state index contributed by atoms with van der Waals surface area (Å²) < 4.78 is 11.9. The second-order valence-electron chi connectivity index (χ2n) is 20.0. The van der Waals surface area contributed by atoms with Crippen molar-refractivity contribution in [1.82, 2.24) is 31.2 Å². The van der Waals surface area contributed by atoms with Crippen LogP contribution in [0.3, 0.4) is 0 Å². The van der Waals surface area contributed by atoms with Crippen LogP contribution in [-0.4, -0.2) is 94.6 Å². The van der Waals surface area contributed by atoms with Crippen LogP contribution in [0.2, 0.25) is 0 Å². The molecule has 84 heavy (non-hydrogen) atoms. The Hall–Kier alpha value is -9.85. The molecule has 2 aromatic heterocycles. The summed E-state index contributed by atoms with van der Waals surface area (Å²) in [6.07, 6.45) is 0.284. The van der Waals surface area contributed by atoms with Crippen molar-refractivity contribution < 1.29 is 38.2 Å². The Kier molecular flexibility index (Phi) is 23.1. The Balaban J connectivity index is 0.000000241. The third-order valence-corrected chi connectivity index (χ3v) is 13.6. The number of ketones is 2. The van der Waals surface area contributed by atoms with Gasteiger partial charge in [-0.05, 0) is 91.9 Å². The molecular weight excluding hydrogens is 1060 g/mol. The van der Waals surface area contributed by atoms with Gasteiger partial charge in [0.05, 0.1) is 83.2 Å². The van der Waals surface area contributed by atoms with Crippen molar-refractivity contribution in [3.8, 4) is 11.5 Å². The quantitative estimate of drug-likeness (QED) is 0.0106. The number of pyridine rings is 2. The zero-order valence-electron chi connectivity index (χ0n) is 46.7. The summed E-state index contributed by atoms with van der Waals surface area (Å²) in [6.45, 7) is 3.32. The highest BCUT2D eigenvalue weighted by Gasteiger charge is 2.30. The zero-order valence-corrected chi connectivity index (χ0v) is 46.7. The van der Waals surface area contributed by atoms with E-state index in [0.29, 0.717) is 41.2 Å². The molecule has 0 saturated carbocycles. The van der Waals surface area contributed by atoms with E-state index in [0.717, 1.165) is 38.6 Å². The number of fused-ring (bicyclic) bond motifs is 2. The molecule has 6 aromatic carbocycles. The molecule has 8 aromatic rings. The molecule has 432 valence electrons. The van der Waals surface area contributed by atoms with Crippen LogP contribution in [0, 0.1) is 0 Å². The number of benzene rings is 6. The van der Waals surface area contributed by atoms with Gasteiger partial charge in [-0.3, -0.25) is 49.4 Å². The van der Waals surface area contributed by atoms with E-state index in [-0.39, 0.29) is 50.7 Å². The number of carbonyl (C=O) groups is 6. The Morgan fingerprint density at radius 1 is 0.524 bits per heavy atom. The first-order valence-electron chi connectivity index (χ1n) is 27.3. The van der Waals surface area contributed by atoms with Gasteiger partial charge in [-0.15, -0.1) is 0 Å². The van der Waals surface area contributed by atoms with Crippen molar-refractivity contribution in [2.45, 2.75) is 88.9 Å². The van der Waals surface area contributed by atoms with E-state index < -0.39 is 59.9 Å². The van der Waals surface area contributed by atoms with Crippen LogP contribution < -0.4 is 47.9 Å². The highest BCUT2D eigenvalue weighted by atomic mass is 16.5. The maximum Gasteiger partial charge on any atom is 0.237 e. The number of nitrogens with two attached hydrogens (primary N) is 3. The van der Waals surface area contributed by atoms with Crippen molar-refractivity contribution in [2.24, 2.45) is 22.3 Å². The predicted octanol–water partition coefficient (Wildman–Crippen LogP) is 7.16. The van der Waals surface area contributed by atoms with Gasteiger partial charge >= 0.3 is 0 Å². The van der Waals surface area contributed by atoms with Gasteiger partial charge in [0.15, 0.2) is 11.6 Å². The number of aromatic nitrogens is 2. The average Bonchev–Trinajstić information content (AvgIpc) is 3.64. The van der Waals surface area contributed by atoms with Gasteiger partial charge in [0.2, 0.25) is 23.6 Å². The van der Waals surface area contributed by atoms with Gasteiger partial charge in [0, 0.05) is 34.8 Å². The average molecular weight is 1130 g/mol. The highest BCUT2D eigenvalue weighted by Crippen LogP contribution is 2.22. The van der Waals surface area contributed by atoms with E-state index in [1.54, 1.807) is 48.5 Å². The second kappa shape index (κ2) is 31.4. The van der Waals surface area contributed by atoms with Crippen LogP contribution in [0.25, 0.3) is 32.2 Å². The van der Waals surface area contributed by atoms with E-state index in [1.807, 2.05) is 133 Å². The molecule has 0 aliphatic rings. The molecule has 20 nitrogen and oxygen atoms in total. The summed E-state index contributed by atoms with van der Waals surface area (Å²) in [4.78, 5) is 87.3. The number of ether oxygens (including phenoxy) is 2. The molecule has 4 amide bonds. The topological polar surface area (TPSA) is 322 Å². The summed E-state index contributed by atoms with van der Waals surface area (Å²) in [6, 6.07) is 51.1. The molecule has 0 bridgehead atoms. The molecule has 0 saturated heterocycles. The number of amides is 4. The fourth-order valence-electron chi connectivity index (χ4n) is 9.22. The second-order valence-corrected chi connectivity index (χ2v) is 20.0. The van der Waals surface area contributed by atoms with Gasteiger partial charge in [0.25, 0.3) is 0 Å². The van der Waals surface area contributed by atoms with Crippen LogP contribution in [0.15, 0.2) is 187 Å². The number of para-hydroxylation sites is 4. The first kappa shape index (κ1) is 61.8. The van der Waals surface area contributed by atoms with Gasteiger partial charge < -0.3 is 37.3 Å². The van der Waals surface area contributed by atoms with E-state index in [2.05, 4.69) is 41.3 Å². The predicted molar refractivity (Wildman–Crippen MR) is 321 cm³/mol. The molecule has 0 aliphatic carbocycles. The summed E-state index contributed by atoms with van der Waals surface area (Å²) in [5.41, 5.74) is 32.7. The fourth-order valence-corrected chi connectivity index (χ4v) is 9.22. The molecule has 2 heterocycles. The van der Waals surface area contributed by atoms with Gasteiger partial charge in [0.1, 0.15) is 18.1 Å². The van der Waals surface area contributed by atoms with Gasteiger partial charge in [-0.1, -0.05) is 139 Å². The molecule has 20 heteroatoms. The number of hydrogen-bond acceptors (Lipinski definition) is 14. The van der Waals surface area contributed by atoms with Crippen LogP contribution >= 0.6 is 0 Å². The van der Waals surface area contributed by atoms with E-state index in [9.17, 15) is 34.3 Å². The Morgan fingerprint density at radius 3 is 1.38 bits per heavy atom. The van der Waals surface area contributed by atoms with Crippen molar-refractivity contribution in [3.63, 3.8) is 0 Å². The SMILES string of the molecule is CC(=O)c1ccccc1OC[C@@H](N)[C@H](Cc1ccccc1)NC(=O)[C@H](CC(N)=O)NCc1ccc2ccccc2n1.CC(=O)c1ccccc1OC[C@@H](N=[N+]=[N-])[C@H](Cc1ccccc1)NC(=O)[C@H](CC(N)=O)NCc1ccc2ccccc2n1. The molecule has 0 spiro atoms. The number of rotatable bonds is 29. The van der Waals surface area contributed by atoms with Gasteiger partial charge in [-0.25, -0.2) is 0 Å². The summed E-state index contributed by atoms with van der Waals surface area (Å²) >= 11 is 0. The monoisotopic (exact) mass is 1130 g/mol. The minimum absolute atomic E-state index is 0.0526. The molecule has 6 atom stereocenters. The number of azide groups is 1. The molecule has 8 rings (SSSR count). The maximum atomic E-state index is 13.6. The Labute approximate surface area is 486 Å². The third kappa shape index (κ3) is 18.9. The Morgan fingerprint density at radius 2 is 0.929 bits per heavy atom. The lowest BCUT2D eigenvalue weighted by molar-refractivity contribution is -0.128. The molecule has 0 fully saturated rings. The van der Waals surface area contributed by atoms with Crippen LogP contribution in [-0.2, 0) is 45.1 Å². The number of nitrogens with zero attached hydrogens (tertiary/aromatic N) is 5. The highest BCUT2D eigenvalue weighted by molar-refractivity contribution is 5.97. The Bertz CT molecular complexity index is 3580. The standard InChI is InChI=1S/C32H33N7O4.C32H35N5O4/c1-21(40)25-12-6-8-14-30(25)43-20-29(38-39-34)27(17-22-9-3-2-4-10-22)37-32(42)28(18-31(33)41)35-19-24-16-15-23-11-5-7-13-26(23)36-24;1-21(38)25-12-6-8-14-30(25)41-20-26(33)28(17-22-9-3-2-4-10-22)37-32(40)29(18-31(34)39)35-19-24-16-15-23-11-5-7-13-27(23)36-24/h2-16,27-29,35H,17-20H2,1H3,(H2,33,41)(H,37,42);2-16,26,28-29,35H,17-20,33H2,1H3,(H2,34,39)(H,37,40)/t27-,28-,29+;26-,28+,29+/m01/s1. The summed E-state index contributed by atoms with van der Waals surface area (Å²) in [5, 5.41) is 18.1. The first-order valence-corrected chi connectivity index (χ1v) is 27.3. The maximum absolute atomic E-state index is 13.6. The van der Waals surface area contributed by atoms with E-state index >= 15 is 0 Å². The van der Waals surface area contributed by atoms with E-state index in [1.165, 1.54) is 13.8 Å². The number of hydrogen-bond donors (Lipinski definition) is 7. The minimum atomic E-state index is -0.977. The molecule has 0 aliphatic heterocycles. The summed E-state index contributed by atoms with van der Waals surface area (Å²) in [5.74, 6) is -1.71. The van der Waals surface area contributed by atoms with Crippen LogP contribution in [0.1, 0.15) is 69.9 Å². The molecule has 0 radical (unpaired) electrons. The number of primary amides is 2. The fraction of sp³-hybridized carbons (Fsp3) is 0.250. The van der Waals surface area contributed by atoms with Gasteiger partial charge in [-0.2, -0.15) is 0 Å². The molecule has 10 N–H and O–H groups in total. The zero-order chi connectivity index (χ0) is 59.8. The van der Waals surface area contributed by atoms with E-state index in [4.69, 9.17) is 26.7 Å². The van der Waals surface area contributed by atoms with Crippen molar-refractivity contribution in [1.29, 1.82) is 0 Å². The third-order valence-electron chi connectivity index (χ3n) is 13.6. The molecule has 0 unspecified atom stereocenters. The minimum Gasteiger partial charge on any atom is -0.492 e. The number of Topliss-reactive ketones (excluding diaryl/α,β-unsaturated/α-hetero) is 2. The summed E-state index contributed by atoms with van der Waals surface area (Å²) in [7, 11) is 0. The normalized spacial score (nSPS) is 13.0. The van der Waals surface area contributed by atoms with Crippen molar-refractivity contribution >= 4 is 57.0 Å². The number of carbonyl (C=O) groups excluding carboxylic acids is 6. The lowest BCUT2D eigenvalue weighted by Crippen LogP contribution is -2.56. The first-order chi connectivity index (χ1) is 40.6. The van der Waals surface area contributed by atoms with Crippen LogP contribution in [0.5, 0.6) is 11.5 Å². The molecular formula is C64H68N12O8. The lowest BCUT2D eigenvalue weighted by Gasteiger charge is -2.28. The van der Waals surface area contributed by atoms with Crippen molar-refractivity contribution in [3.05, 3.63) is 226 Å². The number of nitrogens with one attached hydrogen (secondary N) is 4. The largest absolute Gasteiger partial charge is 0.492 e.